The summed E-state index contributed by atoms with van der Waals surface area (Å²) in [6, 6.07) is 84.2. The number of para-hydroxylation sites is 2. The molecule has 9 aromatic carbocycles. The molecule has 12 rings (SSSR count). The molecule has 1 aliphatic carbocycles. The van der Waals surface area contributed by atoms with Crippen LogP contribution in [0.3, 0.4) is 0 Å². The third-order valence-electron chi connectivity index (χ3n) is 12.6. The highest BCUT2D eigenvalue weighted by Gasteiger charge is 2.48. The fraction of sp³-hybridized carbons (Fsp3) is 0.0172. The summed E-state index contributed by atoms with van der Waals surface area (Å²) in [7, 11) is 0. The van der Waals surface area contributed by atoms with Gasteiger partial charge in [0.25, 0.3) is 0 Å². The molecule has 0 N–H and O–H groups in total. The van der Waals surface area contributed by atoms with E-state index in [2.05, 4.69) is 235 Å². The van der Waals surface area contributed by atoms with Gasteiger partial charge in [-0.3, -0.25) is 0 Å². The maximum Gasteiger partial charge on any atom is 0.0719 e. The van der Waals surface area contributed by atoms with E-state index in [1.165, 1.54) is 71.5 Å². The van der Waals surface area contributed by atoms with Gasteiger partial charge in [0.05, 0.1) is 27.8 Å². The number of rotatable bonds is 6. The number of fused-ring (bicyclic) bond motifs is 8. The SMILES string of the molecule is c1ccc(-c2cc(-c3cc4ccccc4c4c3-c3ccccc3C4(c3ccccc3)c3ccccc3)cc(-c3cccc(-n4c5ccccc5c5ccccc54)c3)n2)cc1. The molecule has 0 aliphatic heterocycles. The summed E-state index contributed by atoms with van der Waals surface area (Å²) in [6.45, 7) is 0. The molecular weight excluding hydrogens is 725 g/mol. The van der Waals surface area contributed by atoms with Crippen molar-refractivity contribution in [1.29, 1.82) is 0 Å². The molecule has 2 nitrogen and oxygen atoms in total. The van der Waals surface area contributed by atoms with Gasteiger partial charge >= 0.3 is 0 Å². The molecule has 0 saturated carbocycles. The maximum atomic E-state index is 5.46. The average Bonchev–Trinajstić information content (AvgIpc) is 3.84. The van der Waals surface area contributed by atoms with E-state index in [4.69, 9.17) is 4.98 Å². The van der Waals surface area contributed by atoms with Crippen LogP contribution in [-0.2, 0) is 5.41 Å². The van der Waals surface area contributed by atoms with Gasteiger partial charge in [0.1, 0.15) is 0 Å². The van der Waals surface area contributed by atoms with Crippen LogP contribution in [0.2, 0.25) is 0 Å². The molecule has 0 bridgehead atoms. The van der Waals surface area contributed by atoms with Gasteiger partial charge in [-0.05, 0) is 97.7 Å². The van der Waals surface area contributed by atoms with Crippen molar-refractivity contribution in [2.24, 2.45) is 0 Å². The molecule has 0 unspecified atom stereocenters. The minimum atomic E-state index is -0.543. The second kappa shape index (κ2) is 13.7. The Hall–Kier alpha value is -7.81. The Morgan fingerprint density at radius 2 is 0.900 bits per heavy atom. The lowest BCUT2D eigenvalue weighted by Gasteiger charge is -2.35. The standard InChI is InChI=1S/C58H38N2/c1-4-19-39(20-5-1)52-37-42(38-53(59-52)41-22-18-27-45(35-41)60-54-33-16-13-29-47(54)48-30-14-17-34-55(48)60)50-36-40-21-10-11-28-46(40)57-56(50)49-31-12-15-32-51(49)58(57,43-23-6-2-7-24-43)44-25-8-3-9-26-44/h1-38H. The van der Waals surface area contributed by atoms with Gasteiger partial charge < -0.3 is 4.57 Å². The summed E-state index contributed by atoms with van der Waals surface area (Å²) in [5.41, 5.74) is 17.0. The van der Waals surface area contributed by atoms with Crippen molar-refractivity contribution in [3.05, 3.63) is 253 Å². The van der Waals surface area contributed by atoms with E-state index >= 15 is 0 Å². The number of hydrogen-bond acceptors (Lipinski definition) is 1. The van der Waals surface area contributed by atoms with Crippen LogP contribution in [0.4, 0.5) is 0 Å². The predicted octanol–water partition coefficient (Wildman–Crippen LogP) is 14.7. The number of benzene rings is 9. The van der Waals surface area contributed by atoms with Crippen LogP contribution >= 0.6 is 0 Å². The zero-order chi connectivity index (χ0) is 39.6. The van der Waals surface area contributed by atoms with E-state index in [0.717, 1.165) is 33.8 Å². The molecule has 0 amide bonds. The minimum absolute atomic E-state index is 0.543. The third kappa shape index (κ3) is 5.11. The quantitative estimate of drug-likeness (QED) is 0.165. The van der Waals surface area contributed by atoms with E-state index in [0.29, 0.717) is 0 Å². The normalized spacial score (nSPS) is 12.8. The van der Waals surface area contributed by atoms with Crippen molar-refractivity contribution >= 4 is 32.6 Å². The van der Waals surface area contributed by atoms with Gasteiger partial charge in [-0.25, -0.2) is 4.98 Å². The average molecular weight is 763 g/mol. The first-order chi connectivity index (χ1) is 29.8. The molecule has 0 spiro atoms. The first-order valence-corrected chi connectivity index (χ1v) is 20.7. The lowest BCUT2D eigenvalue weighted by atomic mass is 9.66. The van der Waals surface area contributed by atoms with Gasteiger partial charge in [0, 0.05) is 27.6 Å². The van der Waals surface area contributed by atoms with Crippen molar-refractivity contribution in [3.63, 3.8) is 0 Å². The molecule has 0 fully saturated rings. The third-order valence-corrected chi connectivity index (χ3v) is 12.6. The highest BCUT2D eigenvalue weighted by atomic mass is 15.0. The molecule has 60 heavy (non-hydrogen) atoms. The molecule has 0 atom stereocenters. The van der Waals surface area contributed by atoms with Gasteiger partial charge in [0.2, 0.25) is 0 Å². The number of pyridine rings is 1. The van der Waals surface area contributed by atoms with E-state index in [9.17, 15) is 0 Å². The molecule has 2 heteroatoms. The molecule has 1 aliphatic rings. The smallest absolute Gasteiger partial charge is 0.0719 e. The van der Waals surface area contributed by atoms with Crippen LogP contribution in [0.5, 0.6) is 0 Å². The molecule has 280 valence electrons. The van der Waals surface area contributed by atoms with E-state index in [-0.39, 0.29) is 0 Å². The first kappa shape index (κ1) is 34.3. The Morgan fingerprint density at radius 1 is 0.367 bits per heavy atom. The Kier molecular flexibility index (Phi) is 7.79. The Balaban J connectivity index is 1.16. The lowest BCUT2D eigenvalue weighted by Crippen LogP contribution is -2.28. The van der Waals surface area contributed by atoms with E-state index in [1.54, 1.807) is 0 Å². The van der Waals surface area contributed by atoms with Crippen LogP contribution in [0.15, 0.2) is 231 Å². The molecular formula is C58H38N2. The highest BCUT2D eigenvalue weighted by Crippen LogP contribution is 2.60. The van der Waals surface area contributed by atoms with Gasteiger partial charge in [-0.1, -0.05) is 188 Å². The minimum Gasteiger partial charge on any atom is -0.309 e. The summed E-state index contributed by atoms with van der Waals surface area (Å²) < 4.78 is 2.38. The Morgan fingerprint density at radius 3 is 1.58 bits per heavy atom. The summed E-state index contributed by atoms with van der Waals surface area (Å²) >= 11 is 0. The molecule has 2 aromatic heterocycles. The molecule has 0 radical (unpaired) electrons. The van der Waals surface area contributed by atoms with Crippen molar-refractivity contribution in [2.45, 2.75) is 5.41 Å². The van der Waals surface area contributed by atoms with Crippen LogP contribution in [0.25, 0.3) is 83.0 Å². The highest BCUT2D eigenvalue weighted by molar-refractivity contribution is 6.10. The van der Waals surface area contributed by atoms with Crippen LogP contribution in [0, 0.1) is 0 Å². The zero-order valence-corrected chi connectivity index (χ0v) is 32.8. The molecule has 0 saturated heterocycles. The largest absolute Gasteiger partial charge is 0.309 e. The summed E-state index contributed by atoms with van der Waals surface area (Å²) in [4.78, 5) is 5.46. The topological polar surface area (TPSA) is 17.8 Å². The summed E-state index contributed by atoms with van der Waals surface area (Å²) in [6.07, 6.45) is 0. The maximum absolute atomic E-state index is 5.46. The number of aromatic nitrogens is 2. The fourth-order valence-corrected chi connectivity index (χ4v) is 10.1. The Bertz CT molecular complexity index is 3320. The van der Waals surface area contributed by atoms with Crippen LogP contribution < -0.4 is 0 Å². The van der Waals surface area contributed by atoms with Gasteiger partial charge in [-0.2, -0.15) is 0 Å². The van der Waals surface area contributed by atoms with Crippen LogP contribution in [-0.4, -0.2) is 9.55 Å². The number of hydrogen-bond donors (Lipinski definition) is 0. The lowest BCUT2D eigenvalue weighted by molar-refractivity contribution is 0.775. The van der Waals surface area contributed by atoms with E-state index < -0.39 is 5.41 Å². The number of nitrogens with zero attached hydrogens (tertiary/aromatic N) is 2. The fourth-order valence-electron chi connectivity index (χ4n) is 10.1. The van der Waals surface area contributed by atoms with Gasteiger partial charge in [-0.15, -0.1) is 0 Å². The Labute approximate surface area is 349 Å². The predicted molar refractivity (Wildman–Crippen MR) is 250 cm³/mol. The summed E-state index contributed by atoms with van der Waals surface area (Å²) in [5.74, 6) is 0. The van der Waals surface area contributed by atoms with Crippen molar-refractivity contribution in [2.75, 3.05) is 0 Å². The summed E-state index contributed by atoms with van der Waals surface area (Å²) in [5, 5.41) is 4.97. The van der Waals surface area contributed by atoms with Crippen LogP contribution in [0.1, 0.15) is 22.3 Å². The molecule has 11 aromatic rings. The van der Waals surface area contributed by atoms with E-state index in [1.807, 2.05) is 0 Å². The van der Waals surface area contributed by atoms with Crippen molar-refractivity contribution in [1.82, 2.24) is 9.55 Å². The second-order valence-corrected chi connectivity index (χ2v) is 15.8. The first-order valence-electron chi connectivity index (χ1n) is 20.7. The monoisotopic (exact) mass is 762 g/mol. The van der Waals surface area contributed by atoms with Crippen molar-refractivity contribution in [3.8, 4) is 50.5 Å². The molecule has 2 heterocycles. The van der Waals surface area contributed by atoms with Gasteiger partial charge in [0.15, 0.2) is 0 Å². The zero-order valence-electron chi connectivity index (χ0n) is 32.8. The second-order valence-electron chi connectivity index (χ2n) is 15.8. The van der Waals surface area contributed by atoms with Crippen molar-refractivity contribution < 1.29 is 0 Å².